The molecule has 0 spiro atoms. The zero-order valence-corrected chi connectivity index (χ0v) is 15.4. The van der Waals surface area contributed by atoms with Gasteiger partial charge in [0.05, 0.1) is 35.3 Å². The summed E-state index contributed by atoms with van der Waals surface area (Å²) >= 11 is 6.21. The summed E-state index contributed by atoms with van der Waals surface area (Å²) < 4.78 is 15.9. The van der Waals surface area contributed by atoms with E-state index in [4.69, 9.17) is 27.6 Å². The standard InChI is InChI=1S/C20H19ClFN5/c21-15-5-6-18-19(9-15)27(11-14-3-1-13(10-23)2-4-14)20(25-18)26-8-7-16(22)17(24)12-26/h1-6,9,16-17H,7-8,11-12,24H2/t16-,17+/m0/s1. The number of piperidine rings is 1. The molecule has 3 aromatic rings. The van der Waals surface area contributed by atoms with Crippen LogP contribution in [0.3, 0.4) is 0 Å². The number of hydrogen-bond acceptors (Lipinski definition) is 4. The number of benzene rings is 2. The molecule has 27 heavy (non-hydrogen) atoms. The highest BCUT2D eigenvalue weighted by molar-refractivity contribution is 6.31. The Morgan fingerprint density at radius 1 is 1.26 bits per heavy atom. The molecule has 1 aromatic heterocycles. The van der Waals surface area contributed by atoms with E-state index in [-0.39, 0.29) is 0 Å². The van der Waals surface area contributed by atoms with Gasteiger partial charge in [0.15, 0.2) is 0 Å². The fourth-order valence-electron chi connectivity index (χ4n) is 3.48. The Balaban J connectivity index is 1.76. The first-order valence-corrected chi connectivity index (χ1v) is 9.22. The Kier molecular flexibility index (Phi) is 4.73. The van der Waals surface area contributed by atoms with Crippen molar-refractivity contribution in [2.75, 3.05) is 18.0 Å². The van der Waals surface area contributed by atoms with E-state index in [1.807, 2.05) is 35.2 Å². The summed E-state index contributed by atoms with van der Waals surface area (Å²) in [7, 11) is 0. The third-order valence-electron chi connectivity index (χ3n) is 4.97. The number of hydrogen-bond donors (Lipinski definition) is 1. The van der Waals surface area contributed by atoms with Crippen LogP contribution in [0.5, 0.6) is 0 Å². The minimum absolute atomic E-state index is 0.391. The van der Waals surface area contributed by atoms with Crippen LogP contribution in [0.1, 0.15) is 17.5 Å². The number of aromatic nitrogens is 2. The average molecular weight is 384 g/mol. The van der Waals surface area contributed by atoms with Crippen molar-refractivity contribution in [2.45, 2.75) is 25.2 Å². The van der Waals surface area contributed by atoms with Gasteiger partial charge in [-0.15, -0.1) is 0 Å². The van der Waals surface area contributed by atoms with Crippen LogP contribution in [-0.4, -0.2) is 34.9 Å². The SMILES string of the molecule is N#Cc1ccc(Cn2c(N3CC[C@H](F)[C@H](N)C3)nc3ccc(Cl)cc32)cc1. The second-order valence-electron chi connectivity index (χ2n) is 6.85. The third kappa shape index (κ3) is 3.48. The molecule has 1 aliphatic heterocycles. The van der Waals surface area contributed by atoms with E-state index >= 15 is 0 Å². The first-order valence-electron chi connectivity index (χ1n) is 8.84. The number of imidazole rings is 1. The quantitative estimate of drug-likeness (QED) is 0.751. The van der Waals surface area contributed by atoms with Gasteiger partial charge in [0.25, 0.3) is 0 Å². The number of nitrogens with zero attached hydrogens (tertiary/aromatic N) is 4. The van der Waals surface area contributed by atoms with Gasteiger partial charge >= 0.3 is 0 Å². The Morgan fingerprint density at radius 2 is 2.04 bits per heavy atom. The minimum atomic E-state index is -0.980. The maximum Gasteiger partial charge on any atom is 0.206 e. The highest BCUT2D eigenvalue weighted by Crippen LogP contribution is 2.28. The molecule has 0 unspecified atom stereocenters. The van der Waals surface area contributed by atoms with Crippen molar-refractivity contribution in [1.82, 2.24) is 9.55 Å². The van der Waals surface area contributed by atoms with Crippen molar-refractivity contribution in [3.63, 3.8) is 0 Å². The van der Waals surface area contributed by atoms with Crippen LogP contribution >= 0.6 is 11.6 Å². The first-order chi connectivity index (χ1) is 13.0. The summed E-state index contributed by atoms with van der Waals surface area (Å²) in [6.07, 6.45) is -0.589. The maximum atomic E-state index is 13.8. The van der Waals surface area contributed by atoms with Crippen molar-refractivity contribution < 1.29 is 4.39 Å². The Bertz CT molecular complexity index is 1010. The van der Waals surface area contributed by atoms with E-state index in [0.29, 0.717) is 36.6 Å². The summed E-state index contributed by atoms with van der Waals surface area (Å²) in [4.78, 5) is 6.81. The summed E-state index contributed by atoms with van der Waals surface area (Å²) in [5.41, 5.74) is 9.36. The largest absolute Gasteiger partial charge is 0.340 e. The molecule has 1 fully saturated rings. The maximum absolute atomic E-state index is 13.8. The van der Waals surface area contributed by atoms with Gasteiger partial charge in [-0.05, 0) is 42.3 Å². The van der Waals surface area contributed by atoms with E-state index in [9.17, 15) is 4.39 Å². The fourth-order valence-corrected chi connectivity index (χ4v) is 3.65. The van der Waals surface area contributed by atoms with Gasteiger partial charge in [0.2, 0.25) is 5.95 Å². The Morgan fingerprint density at radius 3 is 2.74 bits per heavy atom. The summed E-state index contributed by atoms with van der Waals surface area (Å²) in [6, 6.07) is 14.6. The number of fused-ring (bicyclic) bond motifs is 1. The predicted molar refractivity (Wildman–Crippen MR) is 105 cm³/mol. The molecule has 0 bridgehead atoms. The van der Waals surface area contributed by atoms with Crippen LogP contribution in [0.2, 0.25) is 5.02 Å². The number of rotatable bonds is 3. The van der Waals surface area contributed by atoms with E-state index in [2.05, 4.69) is 10.6 Å². The number of nitrogens with two attached hydrogens (primary N) is 1. The summed E-state index contributed by atoms with van der Waals surface area (Å²) in [5.74, 6) is 0.763. The van der Waals surface area contributed by atoms with Gasteiger partial charge in [-0.3, -0.25) is 0 Å². The van der Waals surface area contributed by atoms with Gasteiger partial charge in [0, 0.05) is 18.1 Å². The van der Waals surface area contributed by atoms with E-state index in [0.717, 1.165) is 22.5 Å². The van der Waals surface area contributed by atoms with Crippen LogP contribution < -0.4 is 10.6 Å². The molecule has 5 nitrogen and oxygen atoms in total. The van der Waals surface area contributed by atoms with Gasteiger partial charge in [-0.25, -0.2) is 9.37 Å². The Labute approximate surface area is 161 Å². The fraction of sp³-hybridized carbons (Fsp3) is 0.300. The van der Waals surface area contributed by atoms with Gasteiger partial charge < -0.3 is 15.2 Å². The topological polar surface area (TPSA) is 70.9 Å². The normalized spacial score (nSPS) is 20.0. The zero-order valence-electron chi connectivity index (χ0n) is 14.6. The second-order valence-corrected chi connectivity index (χ2v) is 7.29. The molecular formula is C20H19ClFN5. The second kappa shape index (κ2) is 7.18. The van der Waals surface area contributed by atoms with Crippen molar-refractivity contribution in [3.8, 4) is 6.07 Å². The lowest BCUT2D eigenvalue weighted by atomic mass is 10.1. The molecule has 1 saturated heterocycles. The highest BCUT2D eigenvalue weighted by Gasteiger charge is 2.29. The molecule has 0 aliphatic carbocycles. The van der Waals surface area contributed by atoms with E-state index in [1.54, 1.807) is 12.1 Å². The molecule has 138 valence electrons. The van der Waals surface area contributed by atoms with Crippen LogP contribution in [0, 0.1) is 11.3 Å². The molecule has 2 heterocycles. The molecule has 7 heteroatoms. The smallest absolute Gasteiger partial charge is 0.206 e. The zero-order chi connectivity index (χ0) is 19.0. The molecule has 0 amide bonds. The molecule has 4 rings (SSSR count). The molecule has 1 aliphatic rings. The molecule has 0 saturated carbocycles. The highest BCUT2D eigenvalue weighted by atomic mass is 35.5. The molecule has 2 aromatic carbocycles. The summed E-state index contributed by atoms with van der Waals surface area (Å²) in [6.45, 7) is 1.56. The third-order valence-corrected chi connectivity index (χ3v) is 5.20. The predicted octanol–water partition coefficient (Wildman–Crippen LogP) is 3.49. The molecule has 2 N–H and O–H groups in total. The number of alkyl halides is 1. The van der Waals surface area contributed by atoms with Gasteiger partial charge in [-0.2, -0.15) is 5.26 Å². The van der Waals surface area contributed by atoms with Crippen LogP contribution in [0.4, 0.5) is 10.3 Å². The number of nitriles is 1. The monoisotopic (exact) mass is 383 g/mol. The van der Waals surface area contributed by atoms with E-state index in [1.165, 1.54) is 0 Å². The van der Waals surface area contributed by atoms with Gasteiger partial charge in [-0.1, -0.05) is 23.7 Å². The van der Waals surface area contributed by atoms with Crippen LogP contribution in [0.25, 0.3) is 11.0 Å². The minimum Gasteiger partial charge on any atom is -0.340 e. The lowest BCUT2D eigenvalue weighted by Gasteiger charge is -2.34. The molecule has 0 radical (unpaired) electrons. The number of halogens is 2. The van der Waals surface area contributed by atoms with Crippen molar-refractivity contribution in [1.29, 1.82) is 5.26 Å². The van der Waals surface area contributed by atoms with Crippen molar-refractivity contribution >= 4 is 28.6 Å². The van der Waals surface area contributed by atoms with Crippen molar-refractivity contribution in [2.24, 2.45) is 5.73 Å². The molecular weight excluding hydrogens is 365 g/mol. The van der Waals surface area contributed by atoms with Crippen molar-refractivity contribution in [3.05, 3.63) is 58.6 Å². The molecule has 2 atom stereocenters. The Hall–Kier alpha value is -2.62. The van der Waals surface area contributed by atoms with E-state index < -0.39 is 12.2 Å². The van der Waals surface area contributed by atoms with Gasteiger partial charge in [0.1, 0.15) is 6.17 Å². The number of anilines is 1. The lowest BCUT2D eigenvalue weighted by Crippen LogP contribution is -2.50. The average Bonchev–Trinajstić information content (AvgIpc) is 3.02. The lowest BCUT2D eigenvalue weighted by molar-refractivity contribution is 0.243. The first kappa shape index (κ1) is 17.8. The summed E-state index contributed by atoms with van der Waals surface area (Å²) in [5, 5.41) is 9.62. The van der Waals surface area contributed by atoms with Crippen LogP contribution in [-0.2, 0) is 6.54 Å². The van der Waals surface area contributed by atoms with Crippen LogP contribution in [0.15, 0.2) is 42.5 Å².